The maximum Gasteiger partial charge on any atom is 0.320 e. The van der Waals surface area contributed by atoms with Crippen molar-refractivity contribution in [2.45, 2.75) is 39.3 Å². The molecular formula is C17H22N2O4. The Bertz CT molecular complexity index is 599. The Morgan fingerprint density at radius 1 is 1.17 bits per heavy atom. The molecule has 0 fully saturated rings. The number of imide groups is 1. The van der Waals surface area contributed by atoms with Crippen LogP contribution in [0.3, 0.4) is 0 Å². The minimum atomic E-state index is -0.535. The maximum atomic E-state index is 12.3. The molecule has 1 N–H and O–H groups in total. The molecule has 0 aliphatic carbocycles. The number of fused-ring (bicyclic) bond motifs is 1. The topological polar surface area (TPSA) is 75.7 Å². The second kappa shape index (κ2) is 6.50. The number of hydrogen-bond acceptors (Lipinski definition) is 5. The second-order valence-electron chi connectivity index (χ2n) is 6.59. The molecule has 1 atom stereocenters. The summed E-state index contributed by atoms with van der Waals surface area (Å²) in [4.78, 5) is 37.5. The van der Waals surface area contributed by atoms with Crippen molar-refractivity contribution in [3.8, 4) is 0 Å². The van der Waals surface area contributed by atoms with Crippen molar-refractivity contribution in [2.75, 3.05) is 13.1 Å². The van der Waals surface area contributed by atoms with Gasteiger partial charge in [0.05, 0.1) is 17.7 Å². The highest BCUT2D eigenvalue weighted by Gasteiger charge is 2.37. The van der Waals surface area contributed by atoms with Gasteiger partial charge in [0, 0.05) is 12.6 Å². The first kappa shape index (κ1) is 17.1. The molecular weight excluding hydrogens is 296 g/mol. The zero-order valence-electron chi connectivity index (χ0n) is 13.9. The van der Waals surface area contributed by atoms with Crippen molar-refractivity contribution in [3.63, 3.8) is 0 Å². The fourth-order valence-corrected chi connectivity index (χ4v) is 2.46. The van der Waals surface area contributed by atoms with Crippen molar-refractivity contribution in [2.24, 2.45) is 0 Å². The predicted molar refractivity (Wildman–Crippen MR) is 85.1 cm³/mol. The van der Waals surface area contributed by atoms with Gasteiger partial charge in [0.15, 0.2) is 0 Å². The van der Waals surface area contributed by atoms with Gasteiger partial charge >= 0.3 is 5.97 Å². The van der Waals surface area contributed by atoms with Crippen LogP contribution < -0.4 is 5.32 Å². The summed E-state index contributed by atoms with van der Waals surface area (Å²) in [5, 5.41) is 2.93. The average Bonchev–Trinajstić information content (AvgIpc) is 2.69. The molecule has 124 valence electrons. The van der Waals surface area contributed by atoms with Gasteiger partial charge in [0.25, 0.3) is 11.8 Å². The molecule has 1 aromatic carbocycles. The summed E-state index contributed by atoms with van der Waals surface area (Å²) in [6.45, 7) is 7.52. The van der Waals surface area contributed by atoms with Crippen LogP contribution in [0.2, 0.25) is 0 Å². The van der Waals surface area contributed by atoms with Crippen LogP contribution in [0.1, 0.15) is 48.4 Å². The van der Waals surface area contributed by atoms with Crippen LogP contribution in [-0.4, -0.2) is 47.4 Å². The van der Waals surface area contributed by atoms with Gasteiger partial charge in [-0.25, -0.2) is 0 Å². The van der Waals surface area contributed by atoms with Crippen LogP contribution in [0, 0.1) is 0 Å². The number of nitrogens with one attached hydrogen (secondary N) is 1. The van der Waals surface area contributed by atoms with Gasteiger partial charge in [-0.05, 0) is 39.8 Å². The van der Waals surface area contributed by atoms with E-state index in [-0.39, 0.29) is 30.4 Å². The summed E-state index contributed by atoms with van der Waals surface area (Å²) in [5.74, 6) is -0.957. The largest absolute Gasteiger partial charge is 0.459 e. The number of esters is 1. The Hall–Kier alpha value is -2.21. The van der Waals surface area contributed by atoms with E-state index < -0.39 is 5.60 Å². The number of hydrogen-bond donors (Lipinski definition) is 1. The van der Waals surface area contributed by atoms with Crippen molar-refractivity contribution in [3.05, 3.63) is 35.4 Å². The normalized spacial score (nSPS) is 15.6. The zero-order chi connectivity index (χ0) is 17.2. The Morgan fingerprint density at radius 3 is 2.17 bits per heavy atom. The van der Waals surface area contributed by atoms with Crippen LogP contribution in [0.25, 0.3) is 0 Å². The molecule has 6 heteroatoms. The lowest BCUT2D eigenvalue weighted by Gasteiger charge is -2.23. The third-order valence-electron chi connectivity index (χ3n) is 3.40. The van der Waals surface area contributed by atoms with Crippen LogP contribution in [0.15, 0.2) is 24.3 Å². The molecule has 0 spiro atoms. The van der Waals surface area contributed by atoms with Crippen molar-refractivity contribution >= 4 is 17.8 Å². The first-order valence-electron chi connectivity index (χ1n) is 7.60. The van der Waals surface area contributed by atoms with E-state index in [0.29, 0.717) is 17.7 Å². The number of ether oxygens (including phenoxy) is 1. The Balaban J connectivity index is 1.90. The summed E-state index contributed by atoms with van der Waals surface area (Å²) in [7, 11) is 0. The molecule has 1 aromatic rings. The summed E-state index contributed by atoms with van der Waals surface area (Å²) < 4.78 is 5.19. The molecule has 0 radical (unpaired) electrons. The van der Waals surface area contributed by atoms with Gasteiger partial charge in [-0.15, -0.1) is 0 Å². The van der Waals surface area contributed by atoms with Crippen LogP contribution >= 0.6 is 0 Å². The number of carbonyl (C=O) groups is 3. The fourth-order valence-electron chi connectivity index (χ4n) is 2.46. The number of nitrogens with zero attached hydrogens (tertiary/aromatic N) is 1. The van der Waals surface area contributed by atoms with Gasteiger partial charge in [0.1, 0.15) is 5.60 Å². The molecule has 2 rings (SSSR count). The highest BCUT2D eigenvalue weighted by atomic mass is 16.6. The second-order valence-corrected chi connectivity index (χ2v) is 6.59. The first-order valence-corrected chi connectivity index (χ1v) is 7.60. The van der Waals surface area contributed by atoms with E-state index in [4.69, 9.17) is 4.74 Å². The van der Waals surface area contributed by atoms with Crippen molar-refractivity contribution in [1.82, 2.24) is 10.2 Å². The number of carbonyl (C=O) groups excluding carboxylic acids is 3. The number of amides is 2. The molecule has 0 saturated carbocycles. The lowest BCUT2D eigenvalue weighted by molar-refractivity contribution is -0.153. The molecule has 0 bridgehead atoms. The molecule has 0 saturated heterocycles. The minimum Gasteiger partial charge on any atom is -0.459 e. The fraction of sp³-hybridized carbons (Fsp3) is 0.471. The van der Waals surface area contributed by atoms with Gasteiger partial charge < -0.3 is 10.1 Å². The highest BCUT2D eigenvalue weighted by Crippen LogP contribution is 2.24. The molecule has 1 aliphatic rings. The first-order chi connectivity index (χ1) is 10.7. The molecule has 0 unspecified atom stereocenters. The SMILES string of the molecule is C[C@@H](CNCC(=O)OC(C)(C)C)N1C(=O)c2ccccc2C1=O. The molecule has 1 aliphatic heterocycles. The molecule has 23 heavy (non-hydrogen) atoms. The average molecular weight is 318 g/mol. The van der Waals surface area contributed by atoms with E-state index in [1.807, 2.05) is 0 Å². The maximum absolute atomic E-state index is 12.3. The van der Waals surface area contributed by atoms with Crippen molar-refractivity contribution in [1.29, 1.82) is 0 Å². The van der Waals surface area contributed by atoms with Crippen LogP contribution in [0.4, 0.5) is 0 Å². The van der Waals surface area contributed by atoms with Gasteiger partial charge in [-0.2, -0.15) is 0 Å². The number of rotatable bonds is 5. The smallest absolute Gasteiger partial charge is 0.320 e. The Kier molecular flexibility index (Phi) is 4.85. The third kappa shape index (κ3) is 3.96. The van der Waals surface area contributed by atoms with E-state index in [2.05, 4.69) is 5.32 Å². The van der Waals surface area contributed by atoms with Crippen molar-refractivity contribution < 1.29 is 19.1 Å². The van der Waals surface area contributed by atoms with Gasteiger partial charge in [-0.3, -0.25) is 19.3 Å². The van der Waals surface area contributed by atoms with Crippen LogP contribution in [-0.2, 0) is 9.53 Å². The Labute approximate surface area is 135 Å². The molecule has 6 nitrogen and oxygen atoms in total. The van der Waals surface area contributed by atoms with E-state index in [0.717, 1.165) is 0 Å². The number of benzene rings is 1. The molecule has 1 heterocycles. The summed E-state index contributed by atoms with van der Waals surface area (Å²) in [6, 6.07) is 6.41. The van der Waals surface area contributed by atoms with E-state index in [1.165, 1.54) is 4.90 Å². The van der Waals surface area contributed by atoms with E-state index >= 15 is 0 Å². The molecule has 0 aromatic heterocycles. The van der Waals surface area contributed by atoms with E-state index in [9.17, 15) is 14.4 Å². The Morgan fingerprint density at radius 2 is 1.70 bits per heavy atom. The lowest BCUT2D eigenvalue weighted by Crippen LogP contribution is -2.45. The summed E-state index contributed by atoms with van der Waals surface area (Å²) >= 11 is 0. The molecule has 2 amide bonds. The standard InChI is InChI=1S/C17H22N2O4/c1-11(9-18-10-14(20)23-17(2,3)4)19-15(21)12-7-5-6-8-13(12)16(19)22/h5-8,11,18H,9-10H2,1-4H3/t11-/m0/s1. The minimum absolute atomic E-state index is 0.0325. The lowest BCUT2D eigenvalue weighted by atomic mass is 10.1. The summed E-state index contributed by atoms with van der Waals surface area (Å²) in [6.07, 6.45) is 0. The third-order valence-corrected chi connectivity index (χ3v) is 3.40. The summed E-state index contributed by atoms with van der Waals surface area (Å²) in [5.41, 5.74) is 0.320. The highest BCUT2D eigenvalue weighted by molar-refractivity contribution is 6.21. The van der Waals surface area contributed by atoms with E-state index in [1.54, 1.807) is 52.0 Å². The van der Waals surface area contributed by atoms with Gasteiger partial charge in [0.2, 0.25) is 0 Å². The monoisotopic (exact) mass is 318 g/mol. The van der Waals surface area contributed by atoms with Gasteiger partial charge in [-0.1, -0.05) is 12.1 Å². The zero-order valence-corrected chi connectivity index (χ0v) is 13.9. The van der Waals surface area contributed by atoms with Crippen LogP contribution in [0.5, 0.6) is 0 Å². The quantitative estimate of drug-likeness (QED) is 0.659. The predicted octanol–water partition coefficient (Wildman–Crippen LogP) is 1.60.